The lowest BCUT2D eigenvalue weighted by atomic mass is 9.97. The molecule has 0 bridgehead atoms. The molecule has 0 spiro atoms. The van der Waals surface area contributed by atoms with Gasteiger partial charge in [-0.25, -0.2) is 9.18 Å². The molecule has 0 saturated carbocycles. The highest BCUT2D eigenvalue weighted by Gasteiger charge is 2.19. The average molecular weight is 226 g/mol. The second-order valence-corrected chi connectivity index (χ2v) is 4.38. The van der Waals surface area contributed by atoms with E-state index in [2.05, 4.69) is 0 Å². The second-order valence-electron chi connectivity index (χ2n) is 4.38. The number of aliphatic hydroxyl groups excluding tert-OH is 1. The molecule has 1 atom stereocenters. The first-order valence-corrected chi connectivity index (χ1v) is 4.98. The van der Waals surface area contributed by atoms with Gasteiger partial charge in [0.1, 0.15) is 5.67 Å². The monoisotopic (exact) mass is 226 g/mol. The van der Waals surface area contributed by atoms with Crippen LogP contribution in [-0.4, -0.2) is 21.9 Å². The van der Waals surface area contributed by atoms with Gasteiger partial charge in [-0.1, -0.05) is 24.3 Å². The highest BCUT2D eigenvalue weighted by Crippen LogP contribution is 2.20. The van der Waals surface area contributed by atoms with Crippen LogP contribution in [-0.2, 0) is 11.2 Å². The van der Waals surface area contributed by atoms with Gasteiger partial charge >= 0.3 is 5.97 Å². The molecule has 0 aliphatic carbocycles. The number of carbonyl (C=O) groups is 1. The van der Waals surface area contributed by atoms with E-state index < -0.39 is 17.7 Å². The quantitative estimate of drug-likeness (QED) is 0.826. The third-order valence-corrected chi connectivity index (χ3v) is 2.13. The maximum absolute atomic E-state index is 13.4. The van der Waals surface area contributed by atoms with Gasteiger partial charge in [-0.3, -0.25) is 0 Å². The van der Waals surface area contributed by atoms with E-state index in [4.69, 9.17) is 5.11 Å². The number of carboxylic acids is 1. The molecule has 1 aromatic rings. The molecule has 0 heterocycles. The van der Waals surface area contributed by atoms with Crippen molar-refractivity contribution in [3.8, 4) is 0 Å². The zero-order valence-electron chi connectivity index (χ0n) is 9.27. The summed E-state index contributed by atoms with van der Waals surface area (Å²) in [5.41, 5.74) is -0.410. The maximum Gasteiger partial charge on any atom is 0.337 e. The van der Waals surface area contributed by atoms with Gasteiger partial charge in [0.15, 0.2) is 6.10 Å². The fourth-order valence-electron chi connectivity index (χ4n) is 1.50. The average Bonchev–Trinajstić information content (AvgIpc) is 2.14. The number of carboxylic acid groups (broad SMARTS) is 1. The summed E-state index contributed by atoms with van der Waals surface area (Å²) < 4.78 is 13.4. The first kappa shape index (κ1) is 12.6. The molecule has 0 aromatic heterocycles. The Kier molecular flexibility index (Phi) is 3.65. The van der Waals surface area contributed by atoms with Gasteiger partial charge in [-0.2, -0.15) is 0 Å². The fourth-order valence-corrected chi connectivity index (χ4v) is 1.50. The molecule has 0 saturated heterocycles. The topological polar surface area (TPSA) is 57.5 Å². The molecule has 3 nitrogen and oxygen atoms in total. The molecule has 4 heteroatoms. The number of hydrogen-bond donors (Lipinski definition) is 2. The Morgan fingerprint density at radius 2 is 2.12 bits per heavy atom. The smallest absolute Gasteiger partial charge is 0.337 e. The molecular weight excluding hydrogens is 211 g/mol. The molecule has 0 aliphatic heterocycles. The summed E-state index contributed by atoms with van der Waals surface area (Å²) in [6.07, 6.45) is -1.37. The van der Waals surface area contributed by atoms with Crippen LogP contribution in [0, 0.1) is 0 Å². The Morgan fingerprint density at radius 3 is 2.62 bits per heavy atom. The summed E-state index contributed by atoms with van der Waals surface area (Å²) in [7, 11) is 0. The van der Waals surface area contributed by atoms with Crippen LogP contribution in [0.1, 0.15) is 31.1 Å². The molecule has 16 heavy (non-hydrogen) atoms. The van der Waals surface area contributed by atoms with Crippen molar-refractivity contribution in [2.75, 3.05) is 0 Å². The number of hydrogen-bond acceptors (Lipinski definition) is 2. The van der Waals surface area contributed by atoms with Crippen molar-refractivity contribution in [2.24, 2.45) is 0 Å². The molecule has 2 N–H and O–H groups in total. The van der Waals surface area contributed by atoms with Crippen LogP contribution in [0.4, 0.5) is 4.39 Å². The van der Waals surface area contributed by atoms with Gasteiger partial charge in [0.2, 0.25) is 0 Å². The molecule has 0 radical (unpaired) electrons. The van der Waals surface area contributed by atoms with Gasteiger partial charge in [-0.15, -0.1) is 0 Å². The third-order valence-electron chi connectivity index (χ3n) is 2.13. The maximum atomic E-state index is 13.4. The van der Waals surface area contributed by atoms with Gasteiger partial charge in [-0.05, 0) is 25.0 Å². The summed E-state index contributed by atoms with van der Waals surface area (Å²) >= 11 is 0. The molecule has 1 rings (SSSR count). The van der Waals surface area contributed by atoms with E-state index in [1.165, 1.54) is 26.0 Å². The van der Waals surface area contributed by atoms with E-state index >= 15 is 0 Å². The molecule has 1 aromatic carbocycles. The van der Waals surface area contributed by atoms with E-state index in [1.807, 2.05) is 0 Å². The minimum Gasteiger partial charge on any atom is -0.479 e. The van der Waals surface area contributed by atoms with E-state index in [0.29, 0.717) is 5.56 Å². The van der Waals surface area contributed by atoms with Crippen molar-refractivity contribution < 1.29 is 19.4 Å². The van der Waals surface area contributed by atoms with Crippen LogP contribution in [0.3, 0.4) is 0 Å². The van der Waals surface area contributed by atoms with Gasteiger partial charge in [0.05, 0.1) is 0 Å². The fraction of sp³-hybridized carbons (Fsp3) is 0.417. The SMILES string of the molecule is CC(C)(F)Cc1cccc(C(O)C(=O)O)c1. The Labute approximate surface area is 93.5 Å². The van der Waals surface area contributed by atoms with Crippen molar-refractivity contribution in [3.05, 3.63) is 35.4 Å². The number of rotatable bonds is 4. The van der Waals surface area contributed by atoms with E-state index in [1.54, 1.807) is 12.1 Å². The molecule has 0 aliphatic rings. The number of halogens is 1. The molecule has 0 amide bonds. The standard InChI is InChI=1S/C12H15FO3/c1-12(2,13)7-8-4-3-5-9(6-8)10(14)11(15)16/h3-6,10,14H,7H2,1-2H3,(H,15,16). The summed E-state index contributed by atoms with van der Waals surface area (Å²) in [5, 5.41) is 18.0. The highest BCUT2D eigenvalue weighted by molar-refractivity contribution is 5.74. The molecular formula is C12H15FO3. The summed E-state index contributed by atoms with van der Waals surface area (Å²) in [5.74, 6) is -1.31. The lowest BCUT2D eigenvalue weighted by Gasteiger charge is -2.15. The molecule has 88 valence electrons. The number of aliphatic hydroxyl groups is 1. The summed E-state index contributed by atoms with van der Waals surface area (Å²) in [6.45, 7) is 2.90. The first-order chi connectivity index (χ1) is 7.29. The lowest BCUT2D eigenvalue weighted by molar-refractivity contribution is -0.146. The third kappa shape index (κ3) is 3.62. The van der Waals surface area contributed by atoms with E-state index in [9.17, 15) is 14.3 Å². The highest BCUT2D eigenvalue weighted by atomic mass is 19.1. The van der Waals surface area contributed by atoms with Crippen LogP contribution in [0.2, 0.25) is 0 Å². The Bertz CT molecular complexity index is 382. The Morgan fingerprint density at radius 1 is 1.50 bits per heavy atom. The van der Waals surface area contributed by atoms with Crippen molar-refractivity contribution >= 4 is 5.97 Å². The Hall–Kier alpha value is -1.42. The van der Waals surface area contributed by atoms with Crippen molar-refractivity contribution in [1.82, 2.24) is 0 Å². The van der Waals surface area contributed by atoms with Crippen molar-refractivity contribution in [1.29, 1.82) is 0 Å². The summed E-state index contributed by atoms with van der Waals surface area (Å²) in [4.78, 5) is 10.6. The minimum atomic E-state index is -1.55. The first-order valence-electron chi connectivity index (χ1n) is 4.98. The van der Waals surface area contributed by atoms with Crippen LogP contribution in [0.15, 0.2) is 24.3 Å². The van der Waals surface area contributed by atoms with Crippen LogP contribution in [0.25, 0.3) is 0 Å². The molecule has 0 fully saturated rings. The number of alkyl halides is 1. The predicted molar refractivity (Wildman–Crippen MR) is 57.9 cm³/mol. The van der Waals surface area contributed by atoms with Gasteiger partial charge in [0, 0.05) is 6.42 Å². The predicted octanol–water partition coefficient (Wildman–Crippen LogP) is 2.10. The zero-order valence-corrected chi connectivity index (χ0v) is 9.27. The molecule has 1 unspecified atom stereocenters. The normalized spacial score (nSPS) is 13.5. The van der Waals surface area contributed by atoms with Crippen molar-refractivity contribution in [3.63, 3.8) is 0 Å². The zero-order chi connectivity index (χ0) is 12.3. The van der Waals surface area contributed by atoms with Gasteiger partial charge in [0.25, 0.3) is 0 Å². The van der Waals surface area contributed by atoms with Crippen LogP contribution >= 0.6 is 0 Å². The van der Waals surface area contributed by atoms with Crippen LogP contribution in [0.5, 0.6) is 0 Å². The summed E-state index contributed by atoms with van der Waals surface area (Å²) in [6, 6.07) is 6.34. The Balaban J connectivity index is 2.91. The van der Waals surface area contributed by atoms with Crippen molar-refractivity contribution in [2.45, 2.75) is 32.0 Å². The van der Waals surface area contributed by atoms with Crippen LogP contribution < -0.4 is 0 Å². The second kappa shape index (κ2) is 4.61. The minimum absolute atomic E-state index is 0.188. The van der Waals surface area contributed by atoms with E-state index in [0.717, 1.165) is 0 Å². The largest absolute Gasteiger partial charge is 0.479 e. The van der Waals surface area contributed by atoms with Gasteiger partial charge < -0.3 is 10.2 Å². The van der Waals surface area contributed by atoms with E-state index in [-0.39, 0.29) is 12.0 Å². The lowest BCUT2D eigenvalue weighted by Crippen LogP contribution is -2.16. The number of aliphatic carboxylic acids is 1. The number of benzene rings is 1.